The normalized spacial score (nSPS) is 23.7. The van der Waals surface area contributed by atoms with Gasteiger partial charge in [-0.05, 0) is 104 Å². The predicted molar refractivity (Wildman–Crippen MR) is 188 cm³/mol. The minimum Gasteiger partial charge on any atom is -0.355 e. The molecule has 4 aliphatic rings. The van der Waals surface area contributed by atoms with Gasteiger partial charge < -0.3 is 10.2 Å². The highest BCUT2D eigenvalue weighted by atomic mass is 35.5. The quantitative estimate of drug-likeness (QED) is 0.221. The van der Waals surface area contributed by atoms with E-state index in [1.54, 1.807) is 18.2 Å². The molecule has 4 fully saturated rings. The maximum atomic E-state index is 14.4. The molecule has 0 radical (unpaired) electrons. The minimum absolute atomic E-state index is 0.0749. The topological polar surface area (TPSA) is 86.8 Å². The summed E-state index contributed by atoms with van der Waals surface area (Å²) in [6, 6.07) is 21.4. The zero-order valence-electron chi connectivity index (χ0n) is 27.0. The van der Waals surface area contributed by atoms with Crippen molar-refractivity contribution < 1.29 is 18.0 Å². The average molecular weight is 697 g/mol. The molecule has 47 heavy (non-hydrogen) atoms. The van der Waals surface area contributed by atoms with Crippen LogP contribution >= 0.6 is 23.2 Å². The van der Waals surface area contributed by atoms with Gasteiger partial charge in [0.25, 0.3) is 0 Å². The first kappa shape index (κ1) is 33.8. The van der Waals surface area contributed by atoms with Crippen LogP contribution in [0.3, 0.4) is 0 Å². The number of halogens is 2. The molecule has 250 valence electrons. The second-order valence-electron chi connectivity index (χ2n) is 13.8. The molecule has 0 unspecified atom stereocenters. The first-order chi connectivity index (χ1) is 22.5. The van der Waals surface area contributed by atoms with Gasteiger partial charge in [-0.25, -0.2) is 8.42 Å². The number of carbonyl (C=O) groups is 2. The van der Waals surface area contributed by atoms with Crippen molar-refractivity contribution in [1.29, 1.82) is 0 Å². The fourth-order valence-electron chi connectivity index (χ4n) is 8.76. The van der Waals surface area contributed by atoms with Crippen LogP contribution in [-0.2, 0) is 38.0 Å². The van der Waals surface area contributed by atoms with E-state index >= 15 is 0 Å². The van der Waals surface area contributed by atoms with Crippen LogP contribution in [0.4, 0.5) is 5.69 Å². The van der Waals surface area contributed by atoms with Crippen LogP contribution in [0.15, 0.2) is 72.8 Å². The number of benzene rings is 3. The first-order valence-corrected chi connectivity index (χ1v) is 19.2. The molecule has 0 heterocycles. The SMILES string of the molecule is CCNC(=O)[C@@H](Cc1ccccc1)N(Cc1c(Cl)cccc1Cl)C(=O)CN(c1ccc(C23CC4CC(CC(C4)C2)C3)cc1)S(C)(=O)=O. The van der Waals surface area contributed by atoms with Crippen LogP contribution in [0.5, 0.6) is 0 Å². The molecule has 0 aromatic heterocycles. The third-order valence-corrected chi connectivity index (χ3v) is 12.3. The van der Waals surface area contributed by atoms with Crippen LogP contribution < -0.4 is 9.62 Å². The third-order valence-electron chi connectivity index (χ3n) is 10.5. The van der Waals surface area contributed by atoms with Gasteiger partial charge in [-0.15, -0.1) is 0 Å². The van der Waals surface area contributed by atoms with E-state index in [0.717, 1.165) is 33.9 Å². The lowest BCUT2D eigenvalue weighted by atomic mass is 9.48. The maximum absolute atomic E-state index is 14.4. The lowest BCUT2D eigenvalue weighted by Gasteiger charge is -2.57. The zero-order chi connectivity index (χ0) is 33.3. The molecule has 1 atom stereocenters. The molecule has 4 saturated carbocycles. The largest absolute Gasteiger partial charge is 0.355 e. The minimum atomic E-state index is -3.88. The number of nitrogens with one attached hydrogen (secondary N) is 1. The van der Waals surface area contributed by atoms with Gasteiger partial charge in [-0.3, -0.25) is 13.9 Å². The summed E-state index contributed by atoms with van der Waals surface area (Å²) in [7, 11) is -3.88. The maximum Gasteiger partial charge on any atom is 0.244 e. The molecule has 10 heteroatoms. The second kappa shape index (κ2) is 13.8. The summed E-state index contributed by atoms with van der Waals surface area (Å²) in [6.07, 6.45) is 8.97. The van der Waals surface area contributed by atoms with E-state index in [-0.39, 0.29) is 24.3 Å². The number of hydrogen-bond acceptors (Lipinski definition) is 4. The molecule has 1 N–H and O–H groups in total. The summed E-state index contributed by atoms with van der Waals surface area (Å²) < 4.78 is 27.7. The molecule has 0 saturated heterocycles. The number of likely N-dealkylation sites (N-methyl/N-ethyl adjacent to an activating group) is 1. The number of rotatable bonds is 12. The number of carbonyl (C=O) groups excluding carboxylic acids is 2. The monoisotopic (exact) mass is 695 g/mol. The number of anilines is 1. The van der Waals surface area contributed by atoms with Crippen LogP contribution in [0.2, 0.25) is 10.0 Å². The van der Waals surface area contributed by atoms with Crippen molar-refractivity contribution >= 4 is 50.7 Å². The molecule has 4 bridgehead atoms. The van der Waals surface area contributed by atoms with Gasteiger partial charge in [0.15, 0.2) is 0 Å². The molecule has 0 spiro atoms. The Morgan fingerprint density at radius 1 is 0.872 bits per heavy atom. The molecule has 4 aliphatic carbocycles. The Kier molecular flexibility index (Phi) is 9.94. The van der Waals surface area contributed by atoms with E-state index in [2.05, 4.69) is 17.4 Å². The molecule has 0 aliphatic heterocycles. The molecule has 2 amide bonds. The van der Waals surface area contributed by atoms with Crippen molar-refractivity contribution in [2.45, 2.75) is 69.9 Å². The highest BCUT2D eigenvalue weighted by molar-refractivity contribution is 7.92. The molecule has 3 aromatic rings. The van der Waals surface area contributed by atoms with Crippen LogP contribution in [-0.4, -0.2) is 50.5 Å². The molecule has 7 nitrogen and oxygen atoms in total. The Morgan fingerprint density at radius 2 is 1.45 bits per heavy atom. The van der Waals surface area contributed by atoms with E-state index in [1.807, 2.05) is 49.4 Å². The van der Waals surface area contributed by atoms with Crippen LogP contribution in [0.1, 0.15) is 62.1 Å². The Hall–Kier alpha value is -3.07. The average Bonchev–Trinajstić information content (AvgIpc) is 3.02. The highest BCUT2D eigenvalue weighted by Crippen LogP contribution is 2.60. The smallest absolute Gasteiger partial charge is 0.244 e. The number of hydrogen-bond donors (Lipinski definition) is 1. The van der Waals surface area contributed by atoms with Gasteiger partial charge in [0.05, 0.1) is 11.9 Å². The third kappa shape index (κ3) is 7.35. The van der Waals surface area contributed by atoms with Gasteiger partial charge in [0.2, 0.25) is 21.8 Å². The summed E-state index contributed by atoms with van der Waals surface area (Å²) in [5, 5.41) is 3.56. The van der Waals surface area contributed by atoms with Crippen LogP contribution in [0, 0.1) is 17.8 Å². The zero-order valence-corrected chi connectivity index (χ0v) is 29.3. The van der Waals surface area contributed by atoms with Crippen LogP contribution in [0.25, 0.3) is 0 Å². The second-order valence-corrected chi connectivity index (χ2v) is 16.6. The number of amides is 2. The lowest BCUT2D eigenvalue weighted by molar-refractivity contribution is -0.140. The summed E-state index contributed by atoms with van der Waals surface area (Å²) in [5.41, 5.74) is 3.20. The van der Waals surface area contributed by atoms with Crippen molar-refractivity contribution in [2.24, 2.45) is 17.8 Å². The van der Waals surface area contributed by atoms with Crippen molar-refractivity contribution in [1.82, 2.24) is 10.2 Å². The Morgan fingerprint density at radius 3 is 1.98 bits per heavy atom. The van der Waals surface area contributed by atoms with Crippen molar-refractivity contribution in [3.05, 3.63) is 99.5 Å². The Labute approximate surface area is 288 Å². The van der Waals surface area contributed by atoms with Crippen molar-refractivity contribution in [3.63, 3.8) is 0 Å². The summed E-state index contributed by atoms with van der Waals surface area (Å²) in [5.74, 6) is 1.48. The van der Waals surface area contributed by atoms with E-state index < -0.39 is 28.5 Å². The van der Waals surface area contributed by atoms with Gasteiger partial charge in [-0.1, -0.05) is 71.7 Å². The fourth-order valence-corrected chi connectivity index (χ4v) is 10.1. The number of sulfonamides is 1. The van der Waals surface area contributed by atoms with Gasteiger partial charge >= 0.3 is 0 Å². The molecule has 3 aromatic carbocycles. The number of nitrogens with zero attached hydrogens (tertiary/aromatic N) is 2. The van der Waals surface area contributed by atoms with E-state index in [1.165, 1.54) is 49.0 Å². The summed E-state index contributed by atoms with van der Waals surface area (Å²) in [6.45, 7) is 1.62. The standard InChI is InChI=1S/C37H43Cl2N3O4S/c1-3-40-36(44)34(19-25-8-5-4-6-9-25)41(23-31-32(38)10-7-11-33(31)39)35(43)24-42(47(2,45)46)30-14-12-29(13-15-30)37-20-26-16-27(21-37)18-28(17-26)22-37/h4-15,26-28,34H,3,16-24H2,1-2H3,(H,40,44)/t26?,27?,28?,34-,37?/m1/s1. The lowest BCUT2D eigenvalue weighted by Crippen LogP contribution is -2.53. The van der Waals surface area contributed by atoms with Gasteiger partial charge in [0, 0.05) is 35.1 Å². The fraction of sp³-hybridized carbons (Fsp3) is 0.459. The predicted octanol–water partition coefficient (Wildman–Crippen LogP) is 7.00. The van der Waals surface area contributed by atoms with E-state index in [4.69, 9.17) is 23.2 Å². The Bertz CT molecular complexity index is 1660. The van der Waals surface area contributed by atoms with Crippen molar-refractivity contribution in [2.75, 3.05) is 23.7 Å². The van der Waals surface area contributed by atoms with E-state index in [9.17, 15) is 18.0 Å². The first-order valence-electron chi connectivity index (χ1n) is 16.6. The Balaban J connectivity index is 1.32. The summed E-state index contributed by atoms with van der Waals surface area (Å²) in [4.78, 5) is 29.4. The molecular formula is C37H43Cl2N3O4S. The highest BCUT2D eigenvalue weighted by Gasteiger charge is 2.51. The van der Waals surface area contributed by atoms with Crippen molar-refractivity contribution in [3.8, 4) is 0 Å². The van der Waals surface area contributed by atoms with Gasteiger partial charge in [0.1, 0.15) is 12.6 Å². The summed E-state index contributed by atoms with van der Waals surface area (Å²) >= 11 is 13.1. The molecular weight excluding hydrogens is 653 g/mol. The van der Waals surface area contributed by atoms with Gasteiger partial charge in [-0.2, -0.15) is 0 Å². The van der Waals surface area contributed by atoms with E-state index in [0.29, 0.717) is 27.8 Å². The molecule has 7 rings (SSSR count).